The molecule has 80 valence electrons. The molecule has 1 aliphatic carbocycles. The largest absolute Gasteiger partial charge is 0.483 e. The summed E-state index contributed by atoms with van der Waals surface area (Å²) < 4.78 is 15.3. The summed E-state index contributed by atoms with van der Waals surface area (Å²) >= 11 is 0. The fourth-order valence-corrected chi connectivity index (χ4v) is 1.40. The molecular weight excluding hydrogens is 207 g/mol. The lowest BCUT2D eigenvalue weighted by molar-refractivity contribution is 0.0886. The zero-order chi connectivity index (χ0) is 10.8. The molecule has 0 bridgehead atoms. The number of rotatable bonds is 3. The van der Waals surface area contributed by atoms with Gasteiger partial charge >= 0.3 is 7.60 Å². The third kappa shape index (κ3) is 3.27. The third-order valence-electron chi connectivity index (χ3n) is 1.86. The van der Waals surface area contributed by atoms with Crippen LogP contribution in [0.3, 0.4) is 0 Å². The van der Waals surface area contributed by atoms with Gasteiger partial charge in [0.1, 0.15) is 11.9 Å². The van der Waals surface area contributed by atoms with Crippen LogP contribution in [0.5, 0.6) is 0 Å². The fraction of sp³-hybridized carbons (Fsp3) is 0.500. The van der Waals surface area contributed by atoms with Gasteiger partial charge in [0.25, 0.3) is 0 Å². The van der Waals surface area contributed by atoms with Gasteiger partial charge in [0.05, 0.1) is 0 Å². The predicted molar refractivity (Wildman–Crippen MR) is 50.4 cm³/mol. The van der Waals surface area contributed by atoms with E-state index in [0.29, 0.717) is 0 Å². The maximum Gasteiger partial charge on any atom is 0.362 e. The van der Waals surface area contributed by atoms with Crippen LogP contribution < -0.4 is 0 Å². The molecule has 5 nitrogen and oxygen atoms in total. The van der Waals surface area contributed by atoms with E-state index in [4.69, 9.17) is 14.5 Å². The van der Waals surface area contributed by atoms with Crippen molar-refractivity contribution in [1.82, 2.24) is 0 Å². The van der Waals surface area contributed by atoms with Gasteiger partial charge in [0, 0.05) is 5.92 Å². The van der Waals surface area contributed by atoms with Crippen LogP contribution >= 0.6 is 7.60 Å². The number of aliphatic hydroxyl groups excluding tert-OH is 1. The minimum atomic E-state index is -4.18. The summed E-state index contributed by atoms with van der Waals surface area (Å²) in [5.74, 6) is 0.0927. The van der Waals surface area contributed by atoms with Crippen LogP contribution in [-0.2, 0) is 9.30 Å². The Morgan fingerprint density at radius 3 is 2.79 bits per heavy atom. The first-order valence-corrected chi connectivity index (χ1v) is 5.94. The average Bonchev–Trinajstić information content (AvgIpc) is 2.06. The lowest BCUT2D eigenvalue weighted by atomic mass is 9.98. The summed E-state index contributed by atoms with van der Waals surface area (Å²) in [5.41, 5.74) is 0. The fourth-order valence-electron chi connectivity index (χ4n) is 1.08. The number of allylic oxidation sites excluding steroid dienone is 2. The molecule has 3 N–H and O–H groups in total. The van der Waals surface area contributed by atoms with Crippen molar-refractivity contribution in [2.75, 3.05) is 6.35 Å². The average molecular weight is 220 g/mol. The van der Waals surface area contributed by atoms with E-state index < -0.39 is 20.0 Å². The van der Waals surface area contributed by atoms with Gasteiger partial charge in [-0.05, 0) is 6.08 Å². The highest BCUT2D eigenvalue weighted by Gasteiger charge is 2.23. The Kier molecular flexibility index (Phi) is 3.50. The van der Waals surface area contributed by atoms with E-state index in [-0.39, 0.29) is 11.7 Å². The molecule has 0 radical (unpaired) electrons. The molecule has 2 atom stereocenters. The van der Waals surface area contributed by atoms with Gasteiger partial charge < -0.3 is 19.6 Å². The first-order chi connectivity index (χ1) is 6.40. The first kappa shape index (κ1) is 11.5. The van der Waals surface area contributed by atoms with Crippen molar-refractivity contribution in [2.45, 2.75) is 13.0 Å². The predicted octanol–water partition coefficient (Wildman–Crippen LogP) is 0.589. The van der Waals surface area contributed by atoms with Gasteiger partial charge in [-0.3, -0.25) is 4.57 Å². The molecule has 2 unspecified atom stereocenters. The van der Waals surface area contributed by atoms with Crippen LogP contribution in [0.1, 0.15) is 6.92 Å². The monoisotopic (exact) mass is 220 g/mol. The second-order valence-corrected chi connectivity index (χ2v) is 4.78. The van der Waals surface area contributed by atoms with Crippen molar-refractivity contribution in [2.24, 2.45) is 5.92 Å². The topological polar surface area (TPSA) is 87.0 Å². The Morgan fingerprint density at radius 2 is 2.21 bits per heavy atom. The molecule has 0 amide bonds. The minimum absolute atomic E-state index is 0.105. The molecule has 0 saturated heterocycles. The molecule has 0 fully saturated rings. The Morgan fingerprint density at radius 1 is 1.57 bits per heavy atom. The molecule has 0 aromatic heterocycles. The molecule has 0 saturated carbocycles. The van der Waals surface area contributed by atoms with Crippen molar-refractivity contribution < 1.29 is 24.2 Å². The highest BCUT2D eigenvalue weighted by Crippen LogP contribution is 2.35. The van der Waals surface area contributed by atoms with Crippen LogP contribution in [0.4, 0.5) is 0 Å². The lowest BCUT2D eigenvalue weighted by Crippen LogP contribution is -2.22. The summed E-state index contributed by atoms with van der Waals surface area (Å²) in [6, 6.07) is 0. The number of ether oxygens (including phenoxy) is 1. The summed E-state index contributed by atoms with van der Waals surface area (Å²) in [7, 11) is -4.18. The molecule has 0 spiro atoms. The van der Waals surface area contributed by atoms with Crippen molar-refractivity contribution >= 4 is 7.60 Å². The quantitative estimate of drug-likeness (QED) is 0.606. The van der Waals surface area contributed by atoms with Gasteiger partial charge in [-0.1, -0.05) is 19.1 Å². The van der Waals surface area contributed by atoms with Crippen LogP contribution in [-0.4, -0.2) is 27.3 Å². The smallest absolute Gasteiger partial charge is 0.362 e. The lowest BCUT2D eigenvalue weighted by Gasteiger charge is -2.22. The minimum Gasteiger partial charge on any atom is -0.483 e. The van der Waals surface area contributed by atoms with Crippen molar-refractivity contribution in [3.05, 3.63) is 24.0 Å². The standard InChI is InChI=1S/C8H13O5P/c1-6-3-2-4-7(8(6)9)13-5-14(10,11)12/h2-4,6,8-9H,5H2,1H3,(H2,10,11,12). The summed E-state index contributed by atoms with van der Waals surface area (Å²) in [6.45, 7) is 1.79. The van der Waals surface area contributed by atoms with E-state index in [9.17, 15) is 9.67 Å². The number of aliphatic hydroxyl groups is 1. The molecule has 0 aromatic rings. The van der Waals surface area contributed by atoms with E-state index in [1.807, 2.05) is 0 Å². The van der Waals surface area contributed by atoms with E-state index in [1.165, 1.54) is 6.08 Å². The van der Waals surface area contributed by atoms with Crippen LogP contribution in [0.2, 0.25) is 0 Å². The van der Waals surface area contributed by atoms with Crippen molar-refractivity contribution in [3.63, 3.8) is 0 Å². The third-order valence-corrected chi connectivity index (χ3v) is 2.33. The van der Waals surface area contributed by atoms with Gasteiger partial charge in [0.2, 0.25) is 0 Å². The highest BCUT2D eigenvalue weighted by atomic mass is 31.2. The molecular formula is C8H13O5P. The van der Waals surface area contributed by atoms with E-state index in [1.54, 1.807) is 19.1 Å². The van der Waals surface area contributed by atoms with E-state index in [2.05, 4.69) is 0 Å². The zero-order valence-electron chi connectivity index (χ0n) is 7.70. The molecule has 1 rings (SSSR count). The summed E-state index contributed by atoms with van der Waals surface area (Å²) in [6.07, 6.45) is 3.45. The van der Waals surface area contributed by atoms with Gasteiger partial charge in [-0.15, -0.1) is 0 Å². The number of hydrogen-bond acceptors (Lipinski definition) is 3. The summed E-state index contributed by atoms with van der Waals surface area (Å²) in [5, 5.41) is 9.54. The van der Waals surface area contributed by atoms with E-state index in [0.717, 1.165) is 0 Å². The maximum absolute atomic E-state index is 10.5. The second-order valence-electron chi connectivity index (χ2n) is 3.20. The highest BCUT2D eigenvalue weighted by molar-refractivity contribution is 7.51. The van der Waals surface area contributed by atoms with Crippen LogP contribution in [0.25, 0.3) is 0 Å². The molecule has 0 aromatic carbocycles. The normalized spacial score (nSPS) is 27.3. The molecule has 14 heavy (non-hydrogen) atoms. The first-order valence-electron chi connectivity index (χ1n) is 4.14. The van der Waals surface area contributed by atoms with Gasteiger partial charge in [0.15, 0.2) is 6.35 Å². The summed E-state index contributed by atoms with van der Waals surface area (Å²) in [4.78, 5) is 17.1. The Hall–Kier alpha value is -0.610. The van der Waals surface area contributed by atoms with E-state index >= 15 is 0 Å². The van der Waals surface area contributed by atoms with Crippen LogP contribution in [0.15, 0.2) is 24.0 Å². The second kappa shape index (κ2) is 4.28. The molecule has 1 aliphatic rings. The van der Waals surface area contributed by atoms with Crippen LogP contribution in [0, 0.1) is 5.92 Å². The maximum atomic E-state index is 10.5. The Balaban J connectivity index is 2.57. The molecule has 0 heterocycles. The SMILES string of the molecule is CC1C=CC=C(OCP(=O)(O)O)C1O. The van der Waals surface area contributed by atoms with Crippen molar-refractivity contribution in [1.29, 1.82) is 0 Å². The molecule has 6 heteroatoms. The zero-order valence-corrected chi connectivity index (χ0v) is 8.59. The Bertz CT molecular complexity index is 303. The van der Waals surface area contributed by atoms with Gasteiger partial charge in [-0.2, -0.15) is 0 Å². The van der Waals surface area contributed by atoms with Gasteiger partial charge in [-0.25, -0.2) is 0 Å². The Labute approximate surface area is 81.9 Å². The van der Waals surface area contributed by atoms with Crippen molar-refractivity contribution in [3.8, 4) is 0 Å². The molecule has 0 aliphatic heterocycles. The number of hydrogen-bond donors (Lipinski definition) is 3.